The van der Waals surface area contributed by atoms with E-state index >= 15 is 0 Å². The average Bonchev–Trinajstić information content (AvgIpc) is 2.57. The molecule has 1 aliphatic heterocycles. The van der Waals surface area contributed by atoms with Crippen molar-refractivity contribution in [3.8, 4) is 0 Å². The Morgan fingerprint density at radius 3 is 2.28 bits per heavy atom. The van der Waals surface area contributed by atoms with E-state index in [2.05, 4.69) is 60.2 Å². The van der Waals surface area contributed by atoms with Crippen LogP contribution in [0.2, 0.25) is 0 Å². The van der Waals surface area contributed by atoms with Gasteiger partial charge in [0.15, 0.2) is 5.96 Å². The van der Waals surface area contributed by atoms with Crippen molar-refractivity contribution in [2.45, 2.75) is 40.2 Å². The van der Waals surface area contributed by atoms with Crippen molar-refractivity contribution in [2.24, 2.45) is 16.8 Å². The molecule has 0 radical (unpaired) electrons. The summed E-state index contributed by atoms with van der Waals surface area (Å²) in [6, 6.07) is 0.537. The number of hydrogen-bond acceptors (Lipinski definition) is 4. The fraction of sp³-hybridized carbons (Fsp3) is 0.947. The van der Waals surface area contributed by atoms with Gasteiger partial charge in [0.25, 0.3) is 0 Å². The zero-order chi connectivity index (χ0) is 18.7. The average molecular weight is 356 g/mol. The van der Waals surface area contributed by atoms with Gasteiger partial charge in [0.2, 0.25) is 0 Å². The molecule has 0 amide bonds. The van der Waals surface area contributed by atoms with Crippen molar-refractivity contribution in [2.75, 3.05) is 66.6 Å². The van der Waals surface area contributed by atoms with Gasteiger partial charge >= 0.3 is 0 Å². The van der Waals surface area contributed by atoms with Crippen LogP contribution < -0.4 is 10.6 Å². The maximum atomic E-state index is 5.65. The van der Waals surface area contributed by atoms with E-state index in [4.69, 9.17) is 4.74 Å². The maximum Gasteiger partial charge on any atom is 0.191 e. The van der Waals surface area contributed by atoms with Gasteiger partial charge in [0, 0.05) is 59.0 Å². The highest BCUT2D eigenvalue weighted by molar-refractivity contribution is 5.79. The molecule has 1 unspecified atom stereocenters. The van der Waals surface area contributed by atoms with Crippen LogP contribution in [0, 0.1) is 11.8 Å². The summed E-state index contributed by atoms with van der Waals surface area (Å²) in [7, 11) is 4.03. The first-order valence-corrected chi connectivity index (χ1v) is 9.88. The zero-order valence-electron chi connectivity index (χ0n) is 17.3. The van der Waals surface area contributed by atoms with Gasteiger partial charge in [-0.2, -0.15) is 0 Å². The topological polar surface area (TPSA) is 52.1 Å². The fourth-order valence-electron chi connectivity index (χ4n) is 3.02. The molecule has 6 heteroatoms. The monoisotopic (exact) mass is 355 g/mol. The first kappa shape index (κ1) is 22.2. The van der Waals surface area contributed by atoms with Crippen LogP contribution in [0.3, 0.4) is 0 Å². The van der Waals surface area contributed by atoms with E-state index in [1.54, 1.807) is 0 Å². The predicted molar refractivity (Wildman–Crippen MR) is 107 cm³/mol. The van der Waals surface area contributed by atoms with Crippen molar-refractivity contribution in [1.29, 1.82) is 0 Å². The van der Waals surface area contributed by atoms with Gasteiger partial charge in [0.05, 0.1) is 6.61 Å². The Labute approximate surface area is 155 Å². The third kappa shape index (κ3) is 9.42. The molecule has 1 atom stereocenters. The first-order valence-electron chi connectivity index (χ1n) is 9.88. The summed E-state index contributed by atoms with van der Waals surface area (Å²) in [5, 5.41) is 6.85. The van der Waals surface area contributed by atoms with Gasteiger partial charge in [-0.3, -0.25) is 9.89 Å². The third-order valence-electron chi connectivity index (χ3n) is 4.86. The van der Waals surface area contributed by atoms with Crippen molar-refractivity contribution >= 4 is 5.96 Å². The number of guanidine groups is 1. The van der Waals surface area contributed by atoms with E-state index in [1.807, 2.05) is 7.05 Å². The lowest BCUT2D eigenvalue weighted by atomic mass is 10.0. The van der Waals surface area contributed by atoms with Crippen molar-refractivity contribution in [3.05, 3.63) is 0 Å². The summed E-state index contributed by atoms with van der Waals surface area (Å²) in [6.45, 7) is 16.9. The predicted octanol–water partition coefficient (Wildman–Crippen LogP) is 1.49. The molecule has 1 aliphatic rings. The Morgan fingerprint density at radius 1 is 1.04 bits per heavy atom. The lowest BCUT2D eigenvalue weighted by molar-refractivity contribution is 0.0899. The zero-order valence-corrected chi connectivity index (χ0v) is 17.3. The molecule has 1 heterocycles. The van der Waals surface area contributed by atoms with Gasteiger partial charge in [-0.25, -0.2) is 0 Å². The molecule has 2 N–H and O–H groups in total. The summed E-state index contributed by atoms with van der Waals surface area (Å²) in [5.74, 6) is 2.19. The van der Waals surface area contributed by atoms with E-state index in [0.29, 0.717) is 17.9 Å². The summed E-state index contributed by atoms with van der Waals surface area (Å²) in [4.78, 5) is 9.35. The number of ether oxygens (including phenoxy) is 1. The minimum Gasteiger partial charge on any atom is -0.380 e. The highest BCUT2D eigenvalue weighted by Crippen LogP contribution is 2.12. The minimum absolute atomic E-state index is 0.537. The molecule has 148 valence electrons. The molecule has 0 aromatic heterocycles. The summed E-state index contributed by atoms with van der Waals surface area (Å²) in [5.41, 5.74) is 0. The number of likely N-dealkylation sites (N-methyl/N-ethyl adjacent to an activating group) is 1. The van der Waals surface area contributed by atoms with Gasteiger partial charge in [-0.15, -0.1) is 0 Å². The molecule has 0 bridgehead atoms. The second-order valence-corrected chi connectivity index (χ2v) is 7.83. The van der Waals surface area contributed by atoms with Gasteiger partial charge < -0.3 is 20.3 Å². The Balaban J connectivity index is 2.28. The van der Waals surface area contributed by atoms with Gasteiger partial charge in [-0.05, 0) is 25.3 Å². The van der Waals surface area contributed by atoms with Gasteiger partial charge in [-0.1, -0.05) is 27.7 Å². The molecule has 0 aromatic carbocycles. The summed E-state index contributed by atoms with van der Waals surface area (Å²) in [6.07, 6.45) is 1.12. The Bertz CT molecular complexity index is 365. The smallest absolute Gasteiger partial charge is 0.191 e. The molecular formula is C19H41N5O. The second-order valence-electron chi connectivity index (χ2n) is 7.83. The number of rotatable bonds is 10. The van der Waals surface area contributed by atoms with Crippen LogP contribution >= 0.6 is 0 Å². The lowest BCUT2D eigenvalue weighted by Crippen LogP contribution is -2.55. The maximum absolute atomic E-state index is 5.65. The molecular weight excluding hydrogens is 314 g/mol. The molecule has 1 rings (SSSR count). The molecule has 0 saturated carbocycles. The number of piperazine rings is 1. The number of nitrogens with zero attached hydrogens (tertiary/aromatic N) is 3. The van der Waals surface area contributed by atoms with Crippen LogP contribution in [0.15, 0.2) is 4.99 Å². The number of hydrogen-bond donors (Lipinski definition) is 2. The van der Waals surface area contributed by atoms with Crippen LogP contribution in [-0.2, 0) is 4.74 Å². The van der Waals surface area contributed by atoms with Crippen LogP contribution in [0.4, 0.5) is 0 Å². The standard InChI is InChI=1S/C19H41N5O/c1-16(2)7-13-25-14-8-21-19(20-5)22-15-18(17(3)4)24-11-9-23(6)10-12-24/h16-18H,7-15H2,1-6H3,(H2,20,21,22). The first-order chi connectivity index (χ1) is 11.9. The molecule has 1 fully saturated rings. The molecule has 0 aliphatic carbocycles. The molecule has 0 aromatic rings. The molecule has 1 saturated heterocycles. The van der Waals surface area contributed by atoms with Crippen molar-refractivity contribution < 1.29 is 4.74 Å². The van der Waals surface area contributed by atoms with E-state index < -0.39 is 0 Å². The Hall–Kier alpha value is -0.850. The highest BCUT2D eigenvalue weighted by atomic mass is 16.5. The highest BCUT2D eigenvalue weighted by Gasteiger charge is 2.24. The number of nitrogens with one attached hydrogen (secondary N) is 2. The SMILES string of the molecule is CN=C(NCCOCCC(C)C)NCC(C(C)C)N1CCN(C)CC1. The van der Waals surface area contributed by atoms with E-state index in [9.17, 15) is 0 Å². The van der Waals surface area contributed by atoms with E-state index in [0.717, 1.165) is 64.9 Å². The molecule has 25 heavy (non-hydrogen) atoms. The van der Waals surface area contributed by atoms with Crippen molar-refractivity contribution in [1.82, 2.24) is 20.4 Å². The third-order valence-corrected chi connectivity index (χ3v) is 4.86. The largest absolute Gasteiger partial charge is 0.380 e. The quantitative estimate of drug-likeness (QED) is 0.353. The van der Waals surface area contributed by atoms with Crippen LogP contribution in [0.25, 0.3) is 0 Å². The van der Waals surface area contributed by atoms with Crippen LogP contribution in [0.5, 0.6) is 0 Å². The van der Waals surface area contributed by atoms with Crippen LogP contribution in [0.1, 0.15) is 34.1 Å². The summed E-state index contributed by atoms with van der Waals surface area (Å²) >= 11 is 0. The second kappa shape index (κ2) is 12.5. The summed E-state index contributed by atoms with van der Waals surface area (Å²) < 4.78 is 5.65. The number of aliphatic imine (C=N–C) groups is 1. The molecule has 6 nitrogen and oxygen atoms in total. The molecule has 0 spiro atoms. The van der Waals surface area contributed by atoms with Crippen LogP contribution in [-0.4, -0.2) is 88.4 Å². The normalized spacial score (nSPS) is 18.8. The van der Waals surface area contributed by atoms with E-state index in [-0.39, 0.29) is 0 Å². The van der Waals surface area contributed by atoms with Crippen molar-refractivity contribution in [3.63, 3.8) is 0 Å². The van der Waals surface area contributed by atoms with Gasteiger partial charge in [0.1, 0.15) is 0 Å². The minimum atomic E-state index is 0.537. The van der Waals surface area contributed by atoms with E-state index in [1.165, 1.54) is 0 Å². The Morgan fingerprint density at radius 2 is 1.72 bits per heavy atom. The lowest BCUT2D eigenvalue weighted by Gasteiger charge is -2.40. The fourth-order valence-corrected chi connectivity index (χ4v) is 3.02. The Kier molecular flexibility index (Phi) is 11.1.